The monoisotopic (exact) mass is 578 g/mol. The Labute approximate surface area is 228 Å². The summed E-state index contributed by atoms with van der Waals surface area (Å²) in [5.41, 5.74) is 0.879. The molecule has 0 saturated carbocycles. The summed E-state index contributed by atoms with van der Waals surface area (Å²) in [7, 11) is -2.13. The van der Waals surface area contributed by atoms with Crippen LogP contribution in [0.5, 0.6) is 0 Å². The number of piperazine rings is 1. The molecular weight excluding hydrogens is 556 g/mol. The lowest BCUT2D eigenvalue weighted by molar-refractivity contribution is 0.102. The van der Waals surface area contributed by atoms with Crippen LogP contribution in [0, 0.1) is 18.3 Å². The molecule has 1 aliphatic heterocycles. The van der Waals surface area contributed by atoms with E-state index in [0.29, 0.717) is 29.7 Å². The number of hydrogen-bond acceptors (Lipinski definition) is 11. The minimum atomic E-state index is -3.53. The topological polar surface area (TPSA) is 135 Å². The van der Waals surface area contributed by atoms with E-state index in [1.165, 1.54) is 13.1 Å². The Morgan fingerprint density at radius 3 is 2.49 bits per heavy atom. The Kier molecular flexibility index (Phi) is 8.20. The molecule has 0 radical (unpaired) electrons. The number of halogens is 1. The molecule has 0 spiro atoms. The molecule has 1 aromatic carbocycles. The molecule has 4 rings (SSSR count). The van der Waals surface area contributed by atoms with Crippen molar-refractivity contribution in [2.24, 2.45) is 0 Å². The van der Waals surface area contributed by atoms with Crippen LogP contribution in [0.15, 0.2) is 35.2 Å². The molecule has 2 aromatic heterocycles. The van der Waals surface area contributed by atoms with Crippen LogP contribution in [-0.4, -0.2) is 73.1 Å². The zero-order chi connectivity index (χ0) is 26.7. The van der Waals surface area contributed by atoms with Crippen LogP contribution in [0.4, 0.5) is 16.6 Å². The summed E-state index contributed by atoms with van der Waals surface area (Å²) in [4.78, 5) is 28.5. The molecule has 1 fully saturated rings. The van der Waals surface area contributed by atoms with Crippen molar-refractivity contribution in [3.8, 4) is 6.07 Å². The number of hydrogen-bond donors (Lipinski definition) is 1. The van der Waals surface area contributed by atoms with E-state index in [-0.39, 0.29) is 21.5 Å². The van der Waals surface area contributed by atoms with Crippen LogP contribution >= 0.6 is 34.9 Å². The summed E-state index contributed by atoms with van der Waals surface area (Å²) in [6.45, 7) is 4.59. The fraction of sp³-hybridized carbons (Fsp3) is 0.318. The van der Waals surface area contributed by atoms with Gasteiger partial charge in [-0.05, 0) is 43.1 Å². The van der Waals surface area contributed by atoms with E-state index in [1.807, 2.05) is 23.1 Å². The van der Waals surface area contributed by atoms with E-state index in [9.17, 15) is 13.2 Å². The number of anilines is 3. The Morgan fingerprint density at radius 1 is 1.19 bits per heavy atom. The average Bonchev–Trinajstić information content (AvgIpc) is 3.25. The van der Waals surface area contributed by atoms with E-state index in [0.717, 1.165) is 39.9 Å². The third-order valence-corrected chi connectivity index (χ3v) is 9.02. The molecule has 1 saturated heterocycles. The summed E-state index contributed by atoms with van der Waals surface area (Å²) in [5.74, 6) is -0.0239. The molecule has 15 heteroatoms. The number of nitrogens with zero attached hydrogens (tertiary/aromatic N) is 7. The molecule has 1 aliphatic rings. The fourth-order valence-electron chi connectivity index (χ4n) is 3.45. The van der Waals surface area contributed by atoms with Crippen molar-refractivity contribution in [3.05, 3.63) is 51.9 Å². The summed E-state index contributed by atoms with van der Waals surface area (Å²) >= 11 is 8.75. The van der Waals surface area contributed by atoms with Gasteiger partial charge in [-0.15, -0.1) is 11.3 Å². The van der Waals surface area contributed by atoms with Crippen molar-refractivity contribution in [3.63, 3.8) is 0 Å². The molecule has 3 aromatic rings. The number of aromatic nitrogens is 3. The van der Waals surface area contributed by atoms with Gasteiger partial charge in [0.05, 0.1) is 11.3 Å². The highest BCUT2D eigenvalue weighted by Crippen LogP contribution is 2.30. The van der Waals surface area contributed by atoms with Crippen molar-refractivity contribution in [1.29, 1.82) is 5.26 Å². The highest BCUT2D eigenvalue weighted by atomic mass is 35.5. The van der Waals surface area contributed by atoms with Gasteiger partial charge < -0.3 is 10.2 Å². The molecule has 0 atom stereocenters. The number of rotatable bonds is 7. The lowest BCUT2D eigenvalue weighted by Crippen LogP contribution is -2.44. The fourth-order valence-corrected chi connectivity index (χ4v) is 6.22. The minimum absolute atomic E-state index is 0.0670. The van der Waals surface area contributed by atoms with E-state index in [1.54, 1.807) is 31.0 Å². The van der Waals surface area contributed by atoms with Gasteiger partial charge >= 0.3 is 0 Å². The van der Waals surface area contributed by atoms with Crippen molar-refractivity contribution in [2.75, 3.05) is 54.0 Å². The second-order valence-corrected chi connectivity index (χ2v) is 12.8. The SMILES string of the molecule is Cc1nc(C(=O)Nc2ccc(SN3CCN(c4nc(Cl)cc(C#N)n4)CC3)cc2)c(N(C)S(C)(=O)=O)s1. The van der Waals surface area contributed by atoms with Crippen molar-refractivity contribution in [1.82, 2.24) is 19.3 Å². The number of benzene rings is 1. The van der Waals surface area contributed by atoms with Gasteiger partial charge in [-0.25, -0.2) is 27.7 Å². The van der Waals surface area contributed by atoms with Crippen LogP contribution in [0.1, 0.15) is 21.2 Å². The van der Waals surface area contributed by atoms with Gasteiger partial charge in [-0.2, -0.15) is 5.26 Å². The summed E-state index contributed by atoms with van der Waals surface area (Å²) in [6.07, 6.45) is 1.08. The van der Waals surface area contributed by atoms with Gasteiger partial charge in [0.2, 0.25) is 16.0 Å². The number of aryl methyl sites for hydroxylation is 1. The normalized spacial score (nSPS) is 14.3. The summed E-state index contributed by atoms with van der Waals surface area (Å²) < 4.78 is 27.2. The maximum Gasteiger partial charge on any atom is 0.277 e. The lowest BCUT2D eigenvalue weighted by atomic mass is 10.3. The summed E-state index contributed by atoms with van der Waals surface area (Å²) in [6, 6.07) is 10.8. The van der Waals surface area contributed by atoms with Crippen LogP contribution in [0.2, 0.25) is 5.15 Å². The number of nitrogens with one attached hydrogen (secondary N) is 1. The van der Waals surface area contributed by atoms with E-state index in [4.69, 9.17) is 16.9 Å². The minimum Gasteiger partial charge on any atom is -0.338 e. The maximum absolute atomic E-state index is 12.8. The third kappa shape index (κ3) is 6.68. The lowest BCUT2D eigenvalue weighted by Gasteiger charge is -2.33. The maximum atomic E-state index is 12.8. The Morgan fingerprint density at radius 2 is 1.86 bits per heavy atom. The predicted molar refractivity (Wildman–Crippen MR) is 146 cm³/mol. The van der Waals surface area contributed by atoms with Crippen LogP contribution in [-0.2, 0) is 10.0 Å². The van der Waals surface area contributed by atoms with Crippen LogP contribution in [0.25, 0.3) is 0 Å². The number of nitriles is 1. The summed E-state index contributed by atoms with van der Waals surface area (Å²) in [5, 5.41) is 13.0. The van der Waals surface area contributed by atoms with Gasteiger partial charge in [-0.1, -0.05) is 11.6 Å². The molecular formula is C22H23ClN8O3S3. The standard InChI is InChI=1S/C22H23ClN8O3S3/c1-14-25-19(21(35-14)29(2)37(3,33)34)20(32)26-15-4-6-17(7-5-15)36-31-10-8-30(9-11-31)22-27-16(13-24)12-18(23)28-22/h4-7,12H,8-11H2,1-3H3,(H,26,32). The Hall–Kier alpha value is -2.96. The van der Waals surface area contributed by atoms with Crippen molar-refractivity contribution in [2.45, 2.75) is 11.8 Å². The Balaban J connectivity index is 1.35. The second-order valence-electron chi connectivity index (χ2n) is 8.09. The largest absolute Gasteiger partial charge is 0.338 e. The first-order valence-corrected chi connectivity index (χ1v) is 14.8. The molecule has 0 aliphatic carbocycles. The van der Waals surface area contributed by atoms with Gasteiger partial charge in [0, 0.05) is 49.9 Å². The molecule has 194 valence electrons. The highest BCUT2D eigenvalue weighted by Gasteiger charge is 2.25. The number of carbonyl (C=O) groups is 1. The number of thiazole rings is 1. The van der Waals surface area contributed by atoms with Crippen molar-refractivity contribution >= 4 is 67.5 Å². The van der Waals surface area contributed by atoms with Crippen LogP contribution < -0.4 is 14.5 Å². The van der Waals surface area contributed by atoms with E-state index in [2.05, 4.69) is 24.6 Å². The van der Waals surface area contributed by atoms with Gasteiger partial charge in [0.25, 0.3) is 5.91 Å². The van der Waals surface area contributed by atoms with Gasteiger partial charge in [0.1, 0.15) is 21.9 Å². The first-order chi connectivity index (χ1) is 17.5. The first-order valence-electron chi connectivity index (χ1n) is 11.0. The predicted octanol–water partition coefficient (Wildman–Crippen LogP) is 3.24. The molecule has 0 bridgehead atoms. The third-order valence-electron chi connectivity index (χ3n) is 5.38. The number of sulfonamides is 1. The first kappa shape index (κ1) is 27.1. The van der Waals surface area contributed by atoms with Gasteiger partial charge in [-0.3, -0.25) is 9.10 Å². The molecule has 3 heterocycles. The molecule has 0 unspecified atom stereocenters. The van der Waals surface area contributed by atoms with Gasteiger partial charge in [0.15, 0.2) is 5.69 Å². The number of carbonyl (C=O) groups excluding carboxylic acids is 1. The van der Waals surface area contributed by atoms with Crippen molar-refractivity contribution < 1.29 is 13.2 Å². The zero-order valence-electron chi connectivity index (χ0n) is 20.2. The molecule has 1 amide bonds. The second kappa shape index (κ2) is 11.2. The molecule has 11 nitrogen and oxygen atoms in total. The quantitative estimate of drug-likeness (QED) is 0.329. The van der Waals surface area contributed by atoms with E-state index < -0.39 is 15.9 Å². The van der Waals surface area contributed by atoms with E-state index >= 15 is 0 Å². The highest BCUT2D eigenvalue weighted by molar-refractivity contribution is 7.97. The molecule has 1 N–H and O–H groups in total. The molecule has 37 heavy (non-hydrogen) atoms. The Bertz CT molecular complexity index is 1450. The number of amides is 1. The average molecular weight is 579 g/mol. The zero-order valence-corrected chi connectivity index (χ0v) is 23.4. The van der Waals surface area contributed by atoms with Crippen LogP contribution in [0.3, 0.4) is 0 Å². The smallest absolute Gasteiger partial charge is 0.277 e.